The molecule has 11 heteroatoms. The van der Waals surface area contributed by atoms with E-state index in [4.69, 9.17) is 23.7 Å². The molecule has 0 amide bonds. The lowest BCUT2D eigenvalue weighted by Crippen LogP contribution is -2.36. The maximum absolute atomic E-state index is 13.5. The highest BCUT2D eigenvalue weighted by molar-refractivity contribution is 6.09. The predicted octanol–water partition coefficient (Wildman–Crippen LogP) is 7.19. The van der Waals surface area contributed by atoms with Gasteiger partial charge in [0.05, 0.1) is 43.4 Å². The minimum Gasteiger partial charge on any atom is -0.497 e. The van der Waals surface area contributed by atoms with Crippen molar-refractivity contribution in [2.75, 3.05) is 13.7 Å². The van der Waals surface area contributed by atoms with Crippen LogP contribution in [0.1, 0.15) is 58.6 Å². The first-order valence-electron chi connectivity index (χ1n) is 17.3. The van der Waals surface area contributed by atoms with Gasteiger partial charge in [-0.25, -0.2) is 15.0 Å². The van der Waals surface area contributed by atoms with Gasteiger partial charge in [-0.3, -0.25) is 4.79 Å². The van der Waals surface area contributed by atoms with Gasteiger partial charge >= 0.3 is 0 Å². The quantitative estimate of drug-likeness (QED) is 0.0486. The Labute approximate surface area is 309 Å². The minimum absolute atomic E-state index is 0.183. The van der Waals surface area contributed by atoms with E-state index < -0.39 is 18.0 Å². The number of aliphatic hydroxyl groups is 1. The van der Waals surface area contributed by atoms with Crippen molar-refractivity contribution in [1.29, 1.82) is 0 Å². The average Bonchev–Trinajstić information content (AvgIpc) is 3.75. The molecule has 1 saturated heterocycles. The number of carbonyl (C=O) groups is 1. The number of aryl methyl sites for hydroxylation is 1. The van der Waals surface area contributed by atoms with Crippen LogP contribution >= 0.6 is 0 Å². The van der Waals surface area contributed by atoms with Crippen LogP contribution in [0.3, 0.4) is 0 Å². The van der Waals surface area contributed by atoms with Gasteiger partial charge in [0.15, 0.2) is 17.2 Å². The van der Waals surface area contributed by atoms with Crippen LogP contribution < -0.4 is 4.74 Å². The normalized spacial score (nSPS) is 17.3. The number of allylic oxidation sites excluding steroid dienone is 1. The summed E-state index contributed by atoms with van der Waals surface area (Å²) in [5.74, 6) is -0.226. The van der Waals surface area contributed by atoms with Gasteiger partial charge in [-0.05, 0) is 50.1 Å². The number of ether oxygens (including phenoxy) is 5. The number of fused-ring (bicyclic) bond motifs is 1. The number of methoxy groups -OCH3 is 1. The van der Waals surface area contributed by atoms with E-state index in [0.717, 1.165) is 22.3 Å². The summed E-state index contributed by atoms with van der Waals surface area (Å²) in [6, 6.07) is 22.6. The molecule has 1 aliphatic heterocycles. The number of hydrogen-bond donors (Lipinski definition) is 1. The molecule has 3 aromatic carbocycles. The summed E-state index contributed by atoms with van der Waals surface area (Å²) in [6.45, 7) is 14.1. The molecule has 0 bridgehead atoms. The summed E-state index contributed by atoms with van der Waals surface area (Å²) in [5, 5.41) is 10.5. The number of rotatable bonds is 16. The van der Waals surface area contributed by atoms with Crippen molar-refractivity contribution >= 4 is 34.5 Å². The molecule has 274 valence electrons. The molecule has 0 saturated carbocycles. The lowest BCUT2D eigenvalue weighted by Gasteiger charge is -2.26. The number of nitrogens with zero attached hydrogens (tertiary/aromatic N) is 4. The lowest BCUT2D eigenvalue weighted by molar-refractivity contribution is -0.215. The molecule has 53 heavy (non-hydrogen) atoms. The molecule has 1 aliphatic rings. The van der Waals surface area contributed by atoms with Crippen molar-refractivity contribution < 1.29 is 33.6 Å². The average molecular weight is 717 g/mol. The first-order chi connectivity index (χ1) is 25.5. The summed E-state index contributed by atoms with van der Waals surface area (Å²) in [4.78, 5) is 26.6. The van der Waals surface area contributed by atoms with Gasteiger partial charge in [-0.15, -0.1) is 0 Å². The van der Waals surface area contributed by atoms with Crippen LogP contribution in [0.4, 0.5) is 0 Å². The van der Waals surface area contributed by atoms with Crippen LogP contribution in [-0.2, 0) is 32.1 Å². The van der Waals surface area contributed by atoms with E-state index in [1.807, 2.05) is 78.2 Å². The molecule has 3 heterocycles. The Morgan fingerprint density at radius 2 is 1.75 bits per heavy atom. The molecule has 2 aromatic heterocycles. The second-order valence-electron chi connectivity index (χ2n) is 13.3. The molecule has 6 rings (SSSR count). The Morgan fingerprint density at radius 1 is 1.00 bits per heavy atom. The lowest BCUT2D eigenvalue weighted by atomic mass is 10.0. The smallest absolute Gasteiger partial charge is 0.186 e. The van der Waals surface area contributed by atoms with Crippen LogP contribution in [0.5, 0.6) is 5.75 Å². The highest BCUT2D eigenvalue weighted by Crippen LogP contribution is 2.32. The number of imidazole rings is 1. The molecule has 0 radical (unpaired) electrons. The van der Waals surface area contributed by atoms with Gasteiger partial charge in [0.2, 0.25) is 0 Å². The number of ketones is 1. The van der Waals surface area contributed by atoms with Crippen LogP contribution in [0.15, 0.2) is 105 Å². The van der Waals surface area contributed by atoms with Crippen LogP contribution in [0.25, 0.3) is 28.8 Å². The zero-order valence-electron chi connectivity index (χ0n) is 30.4. The van der Waals surface area contributed by atoms with Crippen molar-refractivity contribution in [1.82, 2.24) is 19.5 Å². The summed E-state index contributed by atoms with van der Waals surface area (Å²) in [7, 11) is 1.54. The molecular formula is C42H44N4O7. The molecule has 5 aromatic rings. The fourth-order valence-corrected chi connectivity index (χ4v) is 6.20. The molecule has 11 nitrogen and oxygen atoms in total. The monoisotopic (exact) mass is 716 g/mol. The van der Waals surface area contributed by atoms with E-state index in [9.17, 15) is 9.90 Å². The van der Waals surface area contributed by atoms with Crippen LogP contribution in [0, 0.1) is 6.92 Å². The standard InChI is InChI=1S/C42H44N4O7/c1-27-40-41(44-25-43-27)46(26-45-40)22-39-38(53-42(4,5)48)21-32(52-39)24-51-37-20-30(16-18-34(37)28(2)49-6)17-19-36(47)35-15-11-10-14-33(35)29(3)50-23-31-12-8-7-9-13-31/h7-20,25-26,32,38-39,48H,2-3,21-24H2,1,4-6H3/b19-17+/t32-,38?,39-/m0/s1. The fourth-order valence-electron chi connectivity index (χ4n) is 6.20. The van der Waals surface area contributed by atoms with Crippen molar-refractivity contribution in [2.45, 2.75) is 64.4 Å². The van der Waals surface area contributed by atoms with Gasteiger partial charge < -0.3 is 33.4 Å². The molecule has 0 aliphatic carbocycles. The first-order valence-corrected chi connectivity index (χ1v) is 17.3. The molecule has 1 unspecified atom stereocenters. The number of aromatic nitrogens is 4. The molecule has 1 fully saturated rings. The Hall–Kier alpha value is -5.62. The largest absolute Gasteiger partial charge is 0.497 e. The van der Waals surface area contributed by atoms with Gasteiger partial charge in [-0.1, -0.05) is 79.9 Å². The van der Waals surface area contributed by atoms with Gasteiger partial charge in [0.25, 0.3) is 0 Å². The SMILES string of the molecule is C=C(OC)c1ccc(/C=C/C(=O)c2ccccc2C(=C)OCc2ccccc2)cc1OC[C@@H]1CC(OC(C)(C)O)[C@H](Cn2cnc3c(C)ncnc32)O1. The Morgan fingerprint density at radius 3 is 2.51 bits per heavy atom. The Bertz CT molecular complexity index is 2120. The van der Waals surface area contributed by atoms with Gasteiger partial charge in [0, 0.05) is 17.5 Å². The third kappa shape index (κ3) is 9.25. The minimum atomic E-state index is -1.37. The summed E-state index contributed by atoms with van der Waals surface area (Å²) >= 11 is 0. The van der Waals surface area contributed by atoms with E-state index in [0.29, 0.717) is 59.2 Å². The molecule has 3 atom stereocenters. The van der Waals surface area contributed by atoms with Gasteiger partial charge in [0.1, 0.15) is 48.4 Å². The maximum atomic E-state index is 13.5. The van der Waals surface area contributed by atoms with E-state index >= 15 is 0 Å². The van der Waals surface area contributed by atoms with Gasteiger partial charge in [-0.2, -0.15) is 0 Å². The first kappa shape index (κ1) is 37.1. The molecular weight excluding hydrogens is 672 g/mol. The second kappa shape index (κ2) is 16.4. The molecule has 0 spiro atoms. The topological polar surface area (TPSA) is 127 Å². The summed E-state index contributed by atoms with van der Waals surface area (Å²) in [5.41, 5.74) is 5.69. The highest BCUT2D eigenvalue weighted by Gasteiger charge is 2.39. The summed E-state index contributed by atoms with van der Waals surface area (Å²) in [6.07, 6.45) is 5.73. The van der Waals surface area contributed by atoms with Crippen molar-refractivity contribution in [3.63, 3.8) is 0 Å². The van der Waals surface area contributed by atoms with E-state index in [1.54, 1.807) is 39.4 Å². The van der Waals surface area contributed by atoms with Crippen LogP contribution in [0.2, 0.25) is 0 Å². The highest BCUT2D eigenvalue weighted by atomic mass is 16.7. The van der Waals surface area contributed by atoms with E-state index in [2.05, 4.69) is 28.1 Å². The van der Waals surface area contributed by atoms with E-state index in [-0.39, 0.29) is 18.5 Å². The number of hydrogen-bond acceptors (Lipinski definition) is 10. The predicted molar refractivity (Wildman–Crippen MR) is 203 cm³/mol. The fraction of sp³-hybridized carbons (Fsp3) is 0.286. The number of carbonyl (C=O) groups excluding carboxylic acids is 1. The van der Waals surface area contributed by atoms with E-state index in [1.165, 1.54) is 12.4 Å². The number of benzene rings is 3. The maximum Gasteiger partial charge on any atom is 0.186 e. The van der Waals surface area contributed by atoms with Crippen molar-refractivity contribution in [2.24, 2.45) is 0 Å². The Balaban J connectivity index is 1.16. The third-order valence-corrected chi connectivity index (χ3v) is 8.83. The van der Waals surface area contributed by atoms with Crippen LogP contribution in [-0.4, -0.2) is 68.2 Å². The Kier molecular flexibility index (Phi) is 11.5. The second-order valence-corrected chi connectivity index (χ2v) is 13.3. The third-order valence-electron chi connectivity index (χ3n) is 8.83. The molecule has 1 N–H and O–H groups in total. The van der Waals surface area contributed by atoms with Crippen molar-refractivity contribution in [3.8, 4) is 5.75 Å². The van der Waals surface area contributed by atoms with Crippen molar-refractivity contribution in [3.05, 3.63) is 138 Å². The zero-order valence-corrected chi connectivity index (χ0v) is 30.4. The summed E-state index contributed by atoms with van der Waals surface area (Å²) < 4.78 is 32.2. The zero-order chi connectivity index (χ0) is 37.5.